The fourth-order valence-corrected chi connectivity index (χ4v) is 5.50. The molecule has 0 aliphatic carbocycles. The summed E-state index contributed by atoms with van der Waals surface area (Å²) in [5.41, 5.74) is 0.259. The molecule has 3 aliphatic heterocycles. The zero-order valence-electron chi connectivity index (χ0n) is 12.3. The molecule has 2 nitrogen and oxygen atoms in total. The molecule has 0 radical (unpaired) electrons. The Morgan fingerprint density at radius 1 is 1.26 bits per heavy atom. The van der Waals surface area contributed by atoms with E-state index in [0.717, 1.165) is 24.5 Å². The van der Waals surface area contributed by atoms with Crippen LogP contribution >= 0.6 is 11.8 Å². The van der Waals surface area contributed by atoms with E-state index in [2.05, 4.69) is 24.0 Å². The van der Waals surface area contributed by atoms with Crippen LogP contribution in [0.3, 0.4) is 0 Å². The summed E-state index contributed by atoms with van der Waals surface area (Å²) in [6.07, 6.45) is 9.34. The van der Waals surface area contributed by atoms with Crippen molar-refractivity contribution in [2.75, 3.05) is 24.7 Å². The summed E-state index contributed by atoms with van der Waals surface area (Å²) >= 11 is 2.11. The number of thioether (sulfide) groups is 1. The molecule has 0 aromatic rings. The van der Waals surface area contributed by atoms with Crippen LogP contribution in [0.5, 0.6) is 0 Å². The maximum atomic E-state index is 6.24. The van der Waals surface area contributed by atoms with E-state index in [9.17, 15) is 0 Å². The van der Waals surface area contributed by atoms with E-state index in [1.807, 2.05) is 0 Å². The fraction of sp³-hybridized carbons (Fsp3) is 1.00. The summed E-state index contributed by atoms with van der Waals surface area (Å²) < 4.78 is 6.24. The molecule has 3 atom stereocenters. The number of hydrogen-bond acceptors (Lipinski definition) is 3. The van der Waals surface area contributed by atoms with E-state index in [1.54, 1.807) is 0 Å². The van der Waals surface area contributed by atoms with E-state index < -0.39 is 0 Å². The molecule has 1 N–H and O–H groups in total. The second-order valence-corrected chi connectivity index (χ2v) is 7.98. The van der Waals surface area contributed by atoms with Crippen molar-refractivity contribution in [3.05, 3.63) is 0 Å². The summed E-state index contributed by atoms with van der Waals surface area (Å²) in [7, 11) is 0. The Bertz CT molecular complexity index is 285. The Morgan fingerprint density at radius 3 is 2.89 bits per heavy atom. The Hall–Kier alpha value is 0.270. The standard InChI is InChI=1S/C16H29NOS/c1-2-13-3-7-17-15(11-13)14-4-8-18-16(12-14)5-9-19-10-6-16/h13-15,17H,2-12H2,1H3. The number of piperidine rings is 1. The highest BCUT2D eigenvalue weighted by molar-refractivity contribution is 7.99. The molecule has 0 amide bonds. The van der Waals surface area contributed by atoms with Gasteiger partial charge in [0.05, 0.1) is 5.60 Å². The SMILES string of the molecule is CCC1CCNC(C2CCOC3(CCSCC3)C2)C1. The molecule has 0 aromatic heterocycles. The summed E-state index contributed by atoms with van der Waals surface area (Å²) in [6, 6.07) is 0.772. The lowest BCUT2D eigenvalue weighted by molar-refractivity contribution is -0.109. The van der Waals surface area contributed by atoms with Gasteiger partial charge in [-0.25, -0.2) is 0 Å². The van der Waals surface area contributed by atoms with Gasteiger partial charge in [0.15, 0.2) is 0 Å². The topological polar surface area (TPSA) is 21.3 Å². The van der Waals surface area contributed by atoms with Crippen molar-refractivity contribution in [3.63, 3.8) is 0 Å². The minimum Gasteiger partial charge on any atom is -0.375 e. The third kappa shape index (κ3) is 3.30. The Morgan fingerprint density at radius 2 is 2.11 bits per heavy atom. The van der Waals surface area contributed by atoms with Crippen molar-refractivity contribution < 1.29 is 4.74 Å². The van der Waals surface area contributed by atoms with Crippen molar-refractivity contribution in [2.24, 2.45) is 11.8 Å². The molecular formula is C16H29NOS. The zero-order valence-corrected chi connectivity index (χ0v) is 13.1. The molecule has 3 aliphatic rings. The minimum absolute atomic E-state index is 0.259. The van der Waals surface area contributed by atoms with Crippen LogP contribution < -0.4 is 5.32 Å². The normalized spacial score (nSPS) is 39.3. The molecule has 0 bridgehead atoms. The van der Waals surface area contributed by atoms with Crippen molar-refractivity contribution in [3.8, 4) is 0 Å². The summed E-state index contributed by atoms with van der Waals surface area (Å²) in [5, 5.41) is 3.81. The Balaban J connectivity index is 1.61. The van der Waals surface area contributed by atoms with Gasteiger partial charge in [-0.05, 0) is 68.4 Å². The molecule has 3 heterocycles. The lowest BCUT2D eigenvalue weighted by Gasteiger charge is -2.47. The molecule has 19 heavy (non-hydrogen) atoms. The summed E-state index contributed by atoms with van der Waals surface area (Å²) in [6.45, 7) is 4.60. The van der Waals surface area contributed by atoms with Gasteiger partial charge in [-0.15, -0.1) is 0 Å². The van der Waals surface area contributed by atoms with Crippen molar-refractivity contribution >= 4 is 11.8 Å². The molecule has 3 saturated heterocycles. The van der Waals surface area contributed by atoms with E-state index in [1.165, 1.54) is 63.0 Å². The zero-order chi connectivity index (χ0) is 13.1. The van der Waals surface area contributed by atoms with Crippen LogP contribution in [0.1, 0.15) is 51.9 Å². The van der Waals surface area contributed by atoms with Crippen LogP contribution in [0.2, 0.25) is 0 Å². The largest absolute Gasteiger partial charge is 0.375 e. The Labute approximate surface area is 122 Å². The maximum absolute atomic E-state index is 6.24. The number of rotatable bonds is 2. The number of ether oxygens (including phenoxy) is 1. The minimum atomic E-state index is 0.259. The maximum Gasteiger partial charge on any atom is 0.0701 e. The van der Waals surface area contributed by atoms with E-state index in [-0.39, 0.29) is 5.60 Å². The summed E-state index contributed by atoms with van der Waals surface area (Å²) in [4.78, 5) is 0. The lowest BCUT2D eigenvalue weighted by Crippen LogP contribution is -2.50. The average Bonchev–Trinajstić information content (AvgIpc) is 2.48. The van der Waals surface area contributed by atoms with Crippen LogP contribution in [0.15, 0.2) is 0 Å². The Kier molecular flexibility index (Phi) is 4.76. The molecule has 1 spiro atoms. The monoisotopic (exact) mass is 283 g/mol. The van der Waals surface area contributed by atoms with Gasteiger partial charge in [0, 0.05) is 12.6 Å². The molecule has 0 aromatic carbocycles. The van der Waals surface area contributed by atoms with E-state index >= 15 is 0 Å². The molecule has 3 fully saturated rings. The van der Waals surface area contributed by atoms with E-state index in [4.69, 9.17) is 4.74 Å². The molecule has 110 valence electrons. The van der Waals surface area contributed by atoms with Crippen LogP contribution in [0, 0.1) is 11.8 Å². The fourth-order valence-electron chi connectivity index (χ4n) is 4.26. The molecule has 3 unspecified atom stereocenters. The highest BCUT2D eigenvalue weighted by Crippen LogP contribution is 2.42. The quantitative estimate of drug-likeness (QED) is 0.838. The van der Waals surface area contributed by atoms with Gasteiger partial charge >= 0.3 is 0 Å². The molecule has 3 rings (SSSR count). The van der Waals surface area contributed by atoms with Crippen LogP contribution in [-0.2, 0) is 4.74 Å². The average molecular weight is 283 g/mol. The third-order valence-corrected chi connectivity index (χ3v) is 6.61. The van der Waals surface area contributed by atoms with Gasteiger partial charge in [0.1, 0.15) is 0 Å². The van der Waals surface area contributed by atoms with Gasteiger partial charge in [-0.3, -0.25) is 0 Å². The van der Waals surface area contributed by atoms with Gasteiger partial charge in [-0.1, -0.05) is 13.3 Å². The van der Waals surface area contributed by atoms with E-state index in [0.29, 0.717) is 0 Å². The molecular weight excluding hydrogens is 254 g/mol. The first-order valence-electron chi connectivity index (χ1n) is 8.26. The van der Waals surface area contributed by atoms with Gasteiger partial charge in [-0.2, -0.15) is 11.8 Å². The van der Waals surface area contributed by atoms with Crippen molar-refractivity contribution in [2.45, 2.75) is 63.5 Å². The van der Waals surface area contributed by atoms with Gasteiger partial charge in [0.25, 0.3) is 0 Å². The summed E-state index contributed by atoms with van der Waals surface area (Å²) in [5.74, 6) is 4.45. The second-order valence-electron chi connectivity index (χ2n) is 6.76. The predicted octanol–water partition coefficient (Wildman–Crippen LogP) is 3.46. The second kappa shape index (κ2) is 6.36. The first kappa shape index (κ1) is 14.2. The van der Waals surface area contributed by atoms with Crippen LogP contribution in [-0.4, -0.2) is 36.3 Å². The van der Waals surface area contributed by atoms with Crippen molar-refractivity contribution in [1.82, 2.24) is 5.32 Å². The van der Waals surface area contributed by atoms with Crippen molar-refractivity contribution in [1.29, 1.82) is 0 Å². The van der Waals surface area contributed by atoms with Gasteiger partial charge < -0.3 is 10.1 Å². The highest BCUT2D eigenvalue weighted by atomic mass is 32.2. The number of nitrogens with one attached hydrogen (secondary N) is 1. The first-order valence-corrected chi connectivity index (χ1v) is 9.42. The first-order chi connectivity index (χ1) is 9.31. The third-order valence-electron chi connectivity index (χ3n) is 5.63. The smallest absolute Gasteiger partial charge is 0.0701 e. The van der Waals surface area contributed by atoms with Crippen LogP contribution in [0.25, 0.3) is 0 Å². The van der Waals surface area contributed by atoms with Crippen LogP contribution in [0.4, 0.5) is 0 Å². The molecule has 3 heteroatoms. The lowest BCUT2D eigenvalue weighted by atomic mass is 9.75. The predicted molar refractivity (Wildman–Crippen MR) is 82.8 cm³/mol. The van der Waals surface area contributed by atoms with Gasteiger partial charge in [0.2, 0.25) is 0 Å². The highest BCUT2D eigenvalue weighted by Gasteiger charge is 2.41. The number of hydrogen-bond donors (Lipinski definition) is 1. The molecule has 0 saturated carbocycles.